The molecule has 2 atom stereocenters. The van der Waals surface area contributed by atoms with Crippen LogP contribution in [0.15, 0.2) is 29.2 Å². The van der Waals surface area contributed by atoms with Gasteiger partial charge in [-0.05, 0) is 25.0 Å². The average molecular weight is 310 g/mol. The average Bonchev–Trinajstić information content (AvgIpc) is 2.48. The minimum absolute atomic E-state index is 0.0362. The molecule has 21 heavy (non-hydrogen) atoms. The van der Waals surface area contributed by atoms with Crippen molar-refractivity contribution in [2.45, 2.75) is 42.7 Å². The smallest absolute Gasteiger partial charge is 0.269 e. The molecule has 2 rings (SSSR count). The number of nitro groups is 1. The van der Waals surface area contributed by atoms with Gasteiger partial charge < -0.3 is 10.4 Å². The van der Waals surface area contributed by atoms with Crippen LogP contribution >= 0.6 is 11.8 Å². The molecule has 1 aromatic carbocycles. The van der Waals surface area contributed by atoms with Crippen LogP contribution in [0.3, 0.4) is 0 Å². The van der Waals surface area contributed by atoms with Gasteiger partial charge in [0, 0.05) is 17.0 Å². The molecule has 114 valence electrons. The maximum atomic E-state index is 11.9. The van der Waals surface area contributed by atoms with Crippen molar-refractivity contribution in [2.75, 3.05) is 5.75 Å². The van der Waals surface area contributed by atoms with Crippen molar-refractivity contribution in [1.82, 2.24) is 5.32 Å². The Morgan fingerprint density at radius 3 is 2.62 bits per heavy atom. The number of carbonyl (C=O) groups is 1. The standard InChI is InChI=1S/C14H18N2O4S/c17-13-4-2-1-3-12(13)15-14(18)9-21-11-7-5-10(6-8-11)16(19)20/h5-8,12-13,17H,1-4,9H2,(H,15,18)/t12-,13-/m1/s1. The summed E-state index contributed by atoms with van der Waals surface area (Å²) < 4.78 is 0. The van der Waals surface area contributed by atoms with E-state index in [4.69, 9.17) is 0 Å². The molecule has 1 aromatic rings. The number of hydrogen-bond donors (Lipinski definition) is 2. The summed E-state index contributed by atoms with van der Waals surface area (Å²) in [5.41, 5.74) is 0.0362. The normalized spacial score (nSPS) is 21.8. The summed E-state index contributed by atoms with van der Waals surface area (Å²) in [7, 11) is 0. The van der Waals surface area contributed by atoms with Gasteiger partial charge in [0.05, 0.1) is 22.8 Å². The lowest BCUT2D eigenvalue weighted by Crippen LogP contribution is -2.45. The summed E-state index contributed by atoms with van der Waals surface area (Å²) >= 11 is 1.32. The van der Waals surface area contributed by atoms with E-state index in [1.54, 1.807) is 12.1 Å². The Morgan fingerprint density at radius 1 is 1.33 bits per heavy atom. The topological polar surface area (TPSA) is 92.5 Å². The van der Waals surface area contributed by atoms with Gasteiger partial charge >= 0.3 is 0 Å². The summed E-state index contributed by atoms with van der Waals surface area (Å²) in [6.07, 6.45) is 3.13. The third-order valence-corrected chi connectivity index (χ3v) is 4.51. The highest BCUT2D eigenvalue weighted by atomic mass is 32.2. The van der Waals surface area contributed by atoms with Crippen molar-refractivity contribution in [3.05, 3.63) is 34.4 Å². The first-order chi connectivity index (χ1) is 10.1. The lowest BCUT2D eigenvalue weighted by Gasteiger charge is -2.28. The number of carbonyl (C=O) groups excluding carboxylic acids is 1. The van der Waals surface area contributed by atoms with E-state index in [-0.39, 0.29) is 23.4 Å². The van der Waals surface area contributed by atoms with Crippen molar-refractivity contribution in [3.8, 4) is 0 Å². The van der Waals surface area contributed by atoms with Crippen molar-refractivity contribution in [3.63, 3.8) is 0 Å². The molecule has 1 aliphatic rings. The van der Waals surface area contributed by atoms with E-state index in [0.29, 0.717) is 0 Å². The van der Waals surface area contributed by atoms with Gasteiger partial charge in [-0.15, -0.1) is 11.8 Å². The molecule has 1 fully saturated rings. The van der Waals surface area contributed by atoms with Crippen molar-refractivity contribution in [1.29, 1.82) is 0 Å². The van der Waals surface area contributed by atoms with Crippen molar-refractivity contribution >= 4 is 23.4 Å². The highest BCUT2D eigenvalue weighted by molar-refractivity contribution is 8.00. The van der Waals surface area contributed by atoms with Gasteiger partial charge in [-0.2, -0.15) is 0 Å². The predicted molar refractivity (Wildman–Crippen MR) is 80.2 cm³/mol. The van der Waals surface area contributed by atoms with Crippen LogP contribution in [0.4, 0.5) is 5.69 Å². The SMILES string of the molecule is O=C(CSc1ccc([N+](=O)[O-])cc1)N[C@@H]1CCCC[C@H]1O. The van der Waals surface area contributed by atoms with Gasteiger partial charge in [0.15, 0.2) is 0 Å². The number of hydrogen-bond acceptors (Lipinski definition) is 5. The third-order valence-electron chi connectivity index (χ3n) is 3.49. The van der Waals surface area contributed by atoms with Gasteiger partial charge in [-0.25, -0.2) is 0 Å². The fourth-order valence-corrected chi connectivity index (χ4v) is 3.05. The fourth-order valence-electron chi connectivity index (χ4n) is 2.34. The Kier molecular flexibility index (Phi) is 5.58. The van der Waals surface area contributed by atoms with Crippen LogP contribution in [-0.4, -0.2) is 33.8 Å². The van der Waals surface area contributed by atoms with E-state index < -0.39 is 11.0 Å². The van der Waals surface area contributed by atoms with Crippen LogP contribution in [0.5, 0.6) is 0 Å². The van der Waals surface area contributed by atoms with Crippen LogP contribution < -0.4 is 5.32 Å². The fraction of sp³-hybridized carbons (Fsp3) is 0.500. The molecule has 0 bridgehead atoms. The van der Waals surface area contributed by atoms with E-state index in [1.165, 1.54) is 23.9 Å². The lowest BCUT2D eigenvalue weighted by molar-refractivity contribution is -0.384. The number of aliphatic hydroxyl groups excluding tert-OH is 1. The van der Waals surface area contributed by atoms with Crippen LogP contribution in [0.2, 0.25) is 0 Å². The molecule has 6 nitrogen and oxygen atoms in total. The van der Waals surface area contributed by atoms with E-state index in [2.05, 4.69) is 5.32 Å². The van der Waals surface area contributed by atoms with Crippen molar-refractivity contribution in [2.24, 2.45) is 0 Å². The number of amides is 1. The number of nitrogens with one attached hydrogen (secondary N) is 1. The Labute approximate surface area is 127 Å². The zero-order valence-corrected chi connectivity index (χ0v) is 12.3. The minimum atomic E-state index is -0.453. The summed E-state index contributed by atoms with van der Waals surface area (Å²) in [4.78, 5) is 22.7. The molecule has 0 aliphatic heterocycles. The van der Waals surface area contributed by atoms with E-state index in [0.717, 1.165) is 30.6 Å². The number of aliphatic hydroxyl groups is 1. The molecule has 1 saturated carbocycles. The number of nitro benzene ring substituents is 1. The summed E-state index contributed by atoms with van der Waals surface area (Å²) in [6.45, 7) is 0. The first-order valence-corrected chi connectivity index (χ1v) is 7.89. The van der Waals surface area contributed by atoms with Crippen LogP contribution in [0.1, 0.15) is 25.7 Å². The first-order valence-electron chi connectivity index (χ1n) is 6.91. The molecule has 0 unspecified atom stereocenters. The monoisotopic (exact) mass is 310 g/mol. The van der Waals surface area contributed by atoms with Gasteiger partial charge in [-0.1, -0.05) is 12.8 Å². The highest BCUT2D eigenvalue weighted by Gasteiger charge is 2.24. The summed E-state index contributed by atoms with van der Waals surface area (Å²) in [6, 6.07) is 5.96. The molecule has 1 amide bonds. The molecule has 0 heterocycles. The molecule has 2 N–H and O–H groups in total. The lowest BCUT2D eigenvalue weighted by atomic mass is 9.93. The number of rotatable bonds is 5. The van der Waals surface area contributed by atoms with E-state index in [1.807, 2.05) is 0 Å². The molecule has 0 spiro atoms. The molecule has 0 radical (unpaired) electrons. The van der Waals surface area contributed by atoms with E-state index in [9.17, 15) is 20.0 Å². The summed E-state index contributed by atoms with van der Waals surface area (Å²) in [5.74, 6) is 0.116. The van der Waals surface area contributed by atoms with E-state index >= 15 is 0 Å². The zero-order chi connectivity index (χ0) is 15.2. The Bertz CT molecular complexity index is 506. The Balaban J connectivity index is 1.79. The molecular weight excluding hydrogens is 292 g/mol. The highest BCUT2D eigenvalue weighted by Crippen LogP contribution is 2.22. The summed E-state index contributed by atoms with van der Waals surface area (Å²) in [5, 5.41) is 23.2. The first kappa shape index (κ1) is 15.8. The second-order valence-corrected chi connectivity index (χ2v) is 6.11. The molecule has 0 saturated heterocycles. The maximum absolute atomic E-state index is 11.9. The number of thioether (sulfide) groups is 1. The third kappa shape index (κ3) is 4.71. The maximum Gasteiger partial charge on any atom is 0.269 e. The molecule has 1 aliphatic carbocycles. The van der Waals surface area contributed by atoms with Crippen LogP contribution in [-0.2, 0) is 4.79 Å². The quantitative estimate of drug-likeness (QED) is 0.493. The Morgan fingerprint density at radius 2 is 2.00 bits per heavy atom. The van der Waals surface area contributed by atoms with Gasteiger partial charge in [-0.3, -0.25) is 14.9 Å². The van der Waals surface area contributed by atoms with Crippen LogP contribution in [0.25, 0.3) is 0 Å². The van der Waals surface area contributed by atoms with Gasteiger partial charge in [0.25, 0.3) is 5.69 Å². The Hall–Kier alpha value is -1.60. The number of benzene rings is 1. The molecule has 0 aromatic heterocycles. The number of nitrogens with zero attached hydrogens (tertiary/aromatic N) is 1. The molecule has 7 heteroatoms. The second-order valence-electron chi connectivity index (χ2n) is 5.07. The predicted octanol–water partition coefficient (Wildman–Crippen LogP) is 2.11. The molecular formula is C14H18N2O4S. The van der Waals surface area contributed by atoms with Crippen LogP contribution in [0, 0.1) is 10.1 Å². The van der Waals surface area contributed by atoms with Crippen molar-refractivity contribution < 1.29 is 14.8 Å². The zero-order valence-electron chi connectivity index (χ0n) is 11.5. The van der Waals surface area contributed by atoms with Gasteiger partial charge in [0.1, 0.15) is 0 Å². The van der Waals surface area contributed by atoms with Gasteiger partial charge in [0.2, 0.25) is 5.91 Å². The number of non-ortho nitro benzene ring substituents is 1. The largest absolute Gasteiger partial charge is 0.391 e. The minimum Gasteiger partial charge on any atom is -0.391 e. The second kappa shape index (κ2) is 7.42.